The molecule has 0 saturated carbocycles. The fourth-order valence-corrected chi connectivity index (χ4v) is 3.01. The van der Waals surface area contributed by atoms with Crippen molar-refractivity contribution in [1.82, 2.24) is 10.2 Å². The predicted octanol–water partition coefficient (Wildman–Crippen LogP) is 3.97. The minimum absolute atomic E-state index is 0.0719. The monoisotopic (exact) mass is 402 g/mol. The molecular weight excluding hydrogens is 376 g/mol. The average Bonchev–Trinajstić information content (AvgIpc) is 2.69. The summed E-state index contributed by atoms with van der Waals surface area (Å²) >= 11 is 5.85. The van der Waals surface area contributed by atoms with Gasteiger partial charge < -0.3 is 15.0 Å². The summed E-state index contributed by atoms with van der Waals surface area (Å²) in [5.74, 6) is 0.461. The lowest BCUT2D eigenvalue weighted by Gasteiger charge is -2.28. The highest BCUT2D eigenvalue weighted by molar-refractivity contribution is 6.30. The molecule has 28 heavy (non-hydrogen) atoms. The Morgan fingerprint density at radius 1 is 1.18 bits per heavy atom. The van der Waals surface area contributed by atoms with Crippen LogP contribution in [0.25, 0.3) is 0 Å². The number of benzene rings is 2. The van der Waals surface area contributed by atoms with Crippen LogP contribution in [0.15, 0.2) is 48.5 Å². The van der Waals surface area contributed by atoms with Crippen molar-refractivity contribution in [3.8, 4) is 5.75 Å². The second kappa shape index (κ2) is 10.7. The average molecular weight is 403 g/mol. The highest BCUT2D eigenvalue weighted by atomic mass is 35.5. The molecule has 0 aromatic heterocycles. The summed E-state index contributed by atoms with van der Waals surface area (Å²) < 4.78 is 5.65. The molecule has 0 unspecified atom stereocenters. The maximum atomic E-state index is 12.8. The Morgan fingerprint density at radius 2 is 1.89 bits per heavy atom. The molecule has 1 N–H and O–H groups in total. The van der Waals surface area contributed by atoms with Crippen LogP contribution in [0.5, 0.6) is 5.75 Å². The van der Waals surface area contributed by atoms with Gasteiger partial charge in [-0.05, 0) is 50.1 Å². The van der Waals surface area contributed by atoms with Gasteiger partial charge in [0.05, 0.1) is 6.61 Å². The number of carbonyl (C=O) groups is 2. The van der Waals surface area contributed by atoms with E-state index in [1.807, 2.05) is 31.2 Å². The zero-order valence-corrected chi connectivity index (χ0v) is 17.3. The summed E-state index contributed by atoms with van der Waals surface area (Å²) in [5.41, 5.74) is 2.12. The molecule has 2 amide bonds. The second-order valence-electron chi connectivity index (χ2n) is 6.71. The molecule has 2 aromatic carbocycles. The predicted molar refractivity (Wildman–Crippen MR) is 111 cm³/mol. The molecule has 2 rings (SSSR count). The largest absolute Gasteiger partial charge is 0.494 e. The summed E-state index contributed by atoms with van der Waals surface area (Å²) in [4.78, 5) is 26.6. The van der Waals surface area contributed by atoms with Crippen LogP contribution >= 0.6 is 11.6 Å². The number of carbonyl (C=O) groups excluding carboxylic acids is 2. The summed E-state index contributed by atoms with van der Waals surface area (Å²) in [7, 11) is 1.58. The van der Waals surface area contributed by atoms with Gasteiger partial charge in [-0.3, -0.25) is 9.59 Å². The topological polar surface area (TPSA) is 58.6 Å². The van der Waals surface area contributed by atoms with E-state index in [1.54, 1.807) is 43.1 Å². The number of hydrogen-bond acceptors (Lipinski definition) is 3. The van der Waals surface area contributed by atoms with Gasteiger partial charge >= 0.3 is 0 Å². The van der Waals surface area contributed by atoms with Gasteiger partial charge in [0.15, 0.2) is 0 Å². The van der Waals surface area contributed by atoms with Gasteiger partial charge in [0, 0.05) is 25.0 Å². The van der Waals surface area contributed by atoms with E-state index in [4.69, 9.17) is 16.3 Å². The van der Waals surface area contributed by atoms with Gasteiger partial charge in [-0.15, -0.1) is 0 Å². The third-order valence-corrected chi connectivity index (χ3v) is 4.72. The summed E-state index contributed by atoms with van der Waals surface area (Å²) in [5, 5.41) is 3.27. The molecular formula is C22H27ClN2O3. The van der Waals surface area contributed by atoms with E-state index in [9.17, 15) is 9.59 Å². The van der Waals surface area contributed by atoms with E-state index < -0.39 is 6.04 Å². The van der Waals surface area contributed by atoms with Crippen LogP contribution in [-0.2, 0) is 16.1 Å². The number of amides is 2. The van der Waals surface area contributed by atoms with E-state index in [0.717, 1.165) is 11.1 Å². The number of hydrogen-bond donors (Lipinski definition) is 1. The van der Waals surface area contributed by atoms with Crippen molar-refractivity contribution in [1.29, 1.82) is 0 Å². The van der Waals surface area contributed by atoms with Crippen molar-refractivity contribution >= 4 is 23.4 Å². The number of nitrogens with zero attached hydrogens (tertiary/aromatic N) is 1. The van der Waals surface area contributed by atoms with E-state index in [0.29, 0.717) is 36.8 Å². The molecule has 1 atom stereocenters. The molecule has 0 fully saturated rings. The molecule has 0 aliphatic carbocycles. The highest BCUT2D eigenvalue weighted by Gasteiger charge is 2.25. The summed E-state index contributed by atoms with van der Waals surface area (Å²) in [6.07, 6.45) is 0.868. The molecule has 150 valence electrons. The molecule has 0 spiro atoms. The molecule has 0 heterocycles. The first-order chi connectivity index (χ1) is 13.4. The van der Waals surface area contributed by atoms with Crippen molar-refractivity contribution in [2.75, 3.05) is 13.7 Å². The Labute approximate surface area is 171 Å². The molecule has 0 aliphatic heterocycles. The maximum Gasteiger partial charge on any atom is 0.242 e. The molecule has 6 heteroatoms. The zero-order valence-electron chi connectivity index (χ0n) is 16.6. The van der Waals surface area contributed by atoms with Crippen LogP contribution in [0.1, 0.15) is 30.9 Å². The Kier molecular flexibility index (Phi) is 8.33. The van der Waals surface area contributed by atoms with Crippen LogP contribution < -0.4 is 10.1 Å². The molecule has 5 nitrogen and oxygen atoms in total. The van der Waals surface area contributed by atoms with Gasteiger partial charge in [-0.25, -0.2) is 0 Å². The minimum Gasteiger partial charge on any atom is -0.494 e. The standard InChI is InChI=1S/C22H27ClN2O3/c1-16-6-4-7-18(14-16)15-25(17(2)22(27)24-3)21(26)8-5-13-28-20-11-9-19(23)10-12-20/h4,6-7,9-12,14,17H,5,8,13,15H2,1-3H3,(H,24,27)/t17-/m0/s1. The lowest BCUT2D eigenvalue weighted by Crippen LogP contribution is -2.46. The third kappa shape index (κ3) is 6.57. The van der Waals surface area contributed by atoms with Crippen molar-refractivity contribution in [2.24, 2.45) is 0 Å². The zero-order chi connectivity index (χ0) is 20.5. The maximum absolute atomic E-state index is 12.8. The van der Waals surface area contributed by atoms with Crippen molar-refractivity contribution in [3.63, 3.8) is 0 Å². The van der Waals surface area contributed by atoms with Crippen LogP contribution in [0.2, 0.25) is 5.02 Å². The van der Waals surface area contributed by atoms with Gasteiger partial charge in [0.1, 0.15) is 11.8 Å². The first kappa shape index (κ1) is 21.8. The first-order valence-electron chi connectivity index (χ1n) is 9.35. The van der Waals surface area contributed by atoms with Crippen LogP contribution in [0.3, 0.4) is 0 Å². The van der Waals surface area contributed by atoms with Crippen molar-refractivity contribution in [3.05, 3.63) is 64.7 Å². The first-order valence-corrected chi connectivity index (χ1v) is 9.73. The van der Waals surface area contributed by atoms with Crippen molar-refractivity contribution in [2.45, 2.75) is 39.3 Å². The third-order valence-electron chi connectivity index (χ3n) is 4.47. The van der Waals surface area contributed by atoms with Gasteiger partial charge in [0.25, 0.3) is 0 Å². The molecule has 0 bridgehead atoms. The smallest absolute Gasteiger partial charge is 0.242 e. The SMILES string of the molecule is CNC(=O)[C@H](C)N(Cc1cccc(C)c1)C(=O)CCCOc1ccc(Cl)cc1. The van der Waals surface area contributed by atoms with Gasteiger partial charge in [-0.1, -0.05) is 41.4 Å². The number of likely N-dealkylation sites (N-methyl/N-ethyl adjacent to an activating group) is 1. The fraction of sp³-hybridized carbons (Fsp3) is 0.364. The second-order valence-corrected chi connectivity index (χ2v) is 7.14. The molecule has 0 radical (unpaired) electrons. The Bertz CT molecular complexity index is 793. The molecule has 0 aliphatic rings. The quantitative estimate of drug-likeness (QED) is 0.645. The van der Waals surface area contributed by atoms with Gasteiger partial charge in [0.2, 0.25) is 11.8 Å². The normalized spacial score (nSPS) is 11.6. The van der Waals surface area contributed by atoms with Gasteiger partial charge in [-0.2, -0.15) is 0 Å². The fourth-order valence-electron chi connectivity index (χ4n) is 2.89. The van der Waals surface area contributed by atoms with E-state index >= 15 is 0 Å². The van der Waals surface area contributed by atoms with E-state index in [2.05, 4.69) is 5.32 Å². The lowest BCUT2D eigenvalue weighted by molar-refractivity contribution is -0.140. The van der Waals surface area contributed by atoms with Crippen LogP contribution in [0.4, 0.5) is 0 Å². The number of rotatable bonds is 9. The summed E-state index contributed by atoms with van der Waals surface area (Å²) in [6.45, 7) is 4.57. The highest BCUT2D eigenvalue weighted by Crippen LogP contribution is 2.17. The van der Waals surface area contributed by atoms with Crippen molar-refractivity contribution < 1.29 is 14.3 Å². The van der Waals surface area contributed by atoms with Crippen LogP contribution in [0, 0.1) is 6.92 Å². The number of halogens is 1. The Morgan fingerprint density at radius 3 is 2.54 bits per heavy atom. The molecule has 2 aromatic rings. The summed E-state index contributed by atoms with van der Waals surface area (Å²) in [6, 6.07) is 14.5. The number of ether oxygens (including phenoxy) is 1. The minimum atomic E-state index is -0.546. The number of nitrogens with one attached hydrogen (secondary N) is 1. The molecule has 0 saturated heterocycles. The Balaban J connectivity index is 1.95. The Hall–Kier alpha value is -2.53. The van der Waals surface area contributed by atoms with E-state index in [1.165, 1.54) is 0 Å². The van der Waals surface area contributed by atoms with Crippen LogP contribution in [-0.4, -0.2) is 36.4 Å². The lowest BCUT2D eigenvalue weighted by atomic mass is 10.1. The van der Waals surface area contributed by atoms with E-state index in [-0.39, 0.29) is 11.8 Å². The number of aryl methyl sites for hydroxylation is 1.